The van der Waals surface area contributed by atoms with Crippen LogP contribution in [0.25, 0.3) is 5.82 Å². The van der Waals surface area contributed by atoms with Crippen LogP contribution in [0.2, 0.25) is 0 Å². The Morgan fingerprint density at radius 1 is 1.11 bits per heavy atom. The van der Waals surface area contributed by atoms with Crippen molar-refractivity contribution in [1.82, 2.24) is 9.72 Å². The number of carbonyl (C=O) groups excluding carboxylic acids is 2. The zero-order chi connectivity index (χ0) is 19.8. The number of ketones is 1. The molecule has 4 rings (SSSR count). The maximum Gasteiger partial charge on any atom is 0.338 e. The van der Waals surface area contributed by atoms with E-state index >= 15 is 0 Å². The fourth-order valence-corrected chi connectivity index (χ4v) is 3.45. The Morgan fingerprint density at radius 3 is 2.64 bits per heavy atom. The highest BCUT2D eigenvalue weighted by atomic mass is 16.5. The SMILES string of the molecule is Cc1cc(-n2c(C)cc(C(=O)COC(=O)c3ccc4c(c3)COC4)c2C)no1. The van der Waals surface area contributed by atoms with E-state index in [-0.39, 0.29) is 12.4 Å². The molecule has 1 aliphatic heterocycles. The number of hydrogen-bond acceptors (Lipinski definition) is 6. The number of Topliss-reactive ketones (excluding diaryl/α,β-unsaturated/α-hetero) is 1. The standard InChI is InChI=1S/C21H20N2O5/c1-12-6-18(14(3)23(12)20-7-13(2)28-22-20)19(24)11-27-21(25)15-4-5-16-9-26-10-17(16)8-15/h4-8H,9-11H2,1-3H3. The first-order valence-electron chi connectivity index (χ1n) is 8.96. The Labute approximate surface area is 161 Å². The van der Waals surface area contributed by atoms with E-state index < -0.39 is 5.97 Å². The first kappa shape index (κ1) is 18.2. The molecule has 0 spiro atoms. The van der Waals surface area contributed by atoms with Crippen LogP contribution in [0.1, 0.15) is 49.0 Å². The fourth-order valence-electron chi connectivity index (χ4n) is 3.45. The van der Waals surface area contributed by atoms with Crippen molar-refractivity contribution in [1.29, 1.82) is 0 Å². The predicted molar refractivity (Wildman–Crippen MR) is 99.6 cm³/mol. The van der Waals surface area contributed by atoms with Gasteiger partial charge in [-0.2, -0.15) is 0 Å². The molecule has 0 saturated heterocycles. The summed E-state index contributed by atoms with van der Waals surface area (Å²) in [4.78, 5) is 25.0. The summed E-state index contributed by atoms with van der Waals surface area (Å²) in [5.74, 6) is 0.509. The molecule has 0 saturated carbocycles. The third-order valence-electron chi connectivity index (χ3n) is 4.87. The van der Waals surface area contributed by atoms with Gasteiger partial charge in [0.1, 0.15) is 5.76 Å². The second-order valence-corrected chi connectivity index (χ2v) is 6.89. The highest BCUT2D eigenvalue weighted by molar-refractivity contribution is 6.00. The van der Waals surface area contributed by atoms with Gasteiger partial charge in [-0.25, -0.2) is 4.79 Å². The largest absolute Gasteiger partial charge is 0.454 e. The van der Waals surface area contributed by atoms with Crippen molar-refractivity contribution in [3.63, 3.8) is 0 Å². The van der Waals surface area contributed by atoms with E-state index in [1.807, 2.05) is 24.5 Å². The minimum absolute atomic E-state index is 0.266. The first-order valence-corrected chi connectivity index (χ1v) is 8.96. The van der Waals surface area contributed by atoms with Gasteiger partial charge in [0.25, 0.3) is 0 Å². The zero-order valence-electron chi connectivity index (χ0n) is 15.9. The Kier molecular flexibility index (Phi) is 4.60. The summed E-state index contributed by atoms with van der Waals surface area (Å²) in [5.41, 5.74) is 4.53. The number of hydrogen-bond donors (Lipinski definition) is 0. The molecule has 0 N–H and O–H groups in total. The lowest BCUT2D eigenvalue weighted by atomic mass is 10.1. The van der Waals surface area contributed by atoms with E-state index in [4.69, 9.17) is 14.0 Å². The molecule has 0 aliphatic carbocycles. The smallest absolute Gasteiger partial charge is 0.338 e. The van der Waals surface area contributed by atoms with Gasteiger partial charge in [0, 0.05) is 23.0 Å². The summed E-state index contributed by atoms with van der Waals surface area (Å²) in [6.45, 7) is 6.24. The van der Waals surface area contributed by atoms with Crippen molar-refractivity contribution in [3.05, 3.63) is 69.7 Å². The van der Waals surface area contributed by atoms with E-state index in [0.717, 1.165) is 22.5 Å². The molecule has 1 aliphatic rings. The van der Waals surface area contributed by atoms with Crippen LogP contribution in [0, 0.1) is 20.8 Å². The Morgan fingerprint density at radius 2 is 1.89 bits per heavy atom. The van der Waals surface area contributed by atoms with Gasteiger partial charge < -0.3 is 14.0 Å². The van der Waals surface area contributed by atoms with Gasteiger partial charge in [-0.1, -0.05) is 11.2 Å². The number of benzene rings is 1. The predicted octanol–water partition coefficient (Wildman–Crippen LogP) is 3.46. The van der Waals surface area contributed by atoms with Crippen LogP contribution in [0.4, 0.5) is 0 Å². The van der Waals surface area contributed by atoms with Gasteiger partial charge in [-0.05, 0) is 50.1 Å². The lowest BCUT2D eigenvalue weighted by molar-refractivity contribution is 0.0474. The first-order chi connectivity index (χ1) is 13.4. The second kappa shape index (κ2) is 7.09. The maximum atomic E-state index is 12.6. The van der Waals surface area contributed by atoms with E-state index in [1.54, 1.807) is 31.2 Å². The van der Waals surface area contributed by atoms with Crippen LogP contribution in [-0.2, 0) is 22.7 Å². The third-order valence-corrected chi connectivity index (χ3v) is 4.87. The number of rotatable bonds is 5. The third kappa shape index (κ3) is 3.25. The Bertz CT molecular complexity index is 1080. The molecule has 0 atom stereocenters. The molecule has 7 heteroatoms. The lowest BCUT2D eigenvalue weighted by Gasteiger charge is -2.07. The molecule has 2 aromatic heterocycles. The number of fused-ring (bicyclic) bond motifs is 1. The van der Waals surface area contributed by atoms with Crippen LogP contribution in [-0.4, -0.2) is 28.1 Å². The summed E-state index contributed by atoms with van der Waals surface area (Å²) in [6, 6.07) is 8.87. The highest BCUT2D eigenvalue weighted by Gasteiger charge is 2.21. The number of esters is 1. The maximum absolute atomic E-state index is 12.6. The molecule has 0 unspecified atom stereocenters. The van der Waals surface area contributed by atoms with E-state index in [1.165, 1.54) is 0 Å². The van der Waals surface area contributed by atoms with E-state index in [2.05, 4.69) is 5.16 Å². The van der Waals surface area contributed by atoms with Gasteiger partial charge in [0.05, 0.1) is 18.8 Å². The summed E-state index contributed by atoms with van der Waals surface area (Å²) in [6.07, 6.45) is 0. The van der Waals surface area contributed by atoms with Crippen molar-refractivity contribution in [3.8, 4) is 5.82 Å². The van der Waals surface area contributed by atoms with Gasteiger partial charge in [0.15, 0.2) is 12.4 Å². The average molecular weight is 380 g/mol. The summed E-state index contributed by atoms with van der Waals surface area (Å²) < 4.78 is 17.6. The molecule has 3 aromatic rings. The minimum Gasteiger partial charge on any atom is -0.454 e. The van der Waals surface area contributed by atoms with E-state index in [0.29, 0.717) is 35.9 Å². The summed E-state index contributed by atoms with van der Waals surface area (Å²) in [5, 5.41) is 4.00. The molecule has 1 aromatic carbocycles. The van der Waals surface area contributed by atoms with Gasteiger partial charge in [-0.15, -0.1) is 0 Å². The number of aryl methyl sites for hydroxylation is 2. The number of aromatic nitrogens is 2. The van der Waals surface area contributed by atoms with Gasteiger partial charge >= 0.3 is 5.97 Å². The molecule has 7 nitrogen and oxygen atoms in total. The Hall–Kier alpha value is -3.19. The molecule has 0 fully saturated rings. The zero-order valence-corrected chi connectivity index (χ0v) is 15.9. The molecule has 144 valence electrons. The van der Waals surface area contributed by atoms with Crippen molar-refractivity contribution < 1.29 is 23.6 Å². The van der Waals surface area contributed by atoms with Crippen molar-refractivity contribution in [2.45, 2.75) is 34.0 Å². The molecule has 28 heavy (non-hydrogen) atoms. The molecule has 0 radical (unpaired) electrons. The molecule has 0 amide bonds. The van der Waals surface area contributed by atoms with Gasteiger partial charge in [-0.3, -0.25) is 9.36 Å². The van der Waals surface area contributed by atoms with Crippen molar-refractivity contribution >= 4 is 11.8 Å². The normalized spacial score (nSPS) is 12.8. The van der Waals surface area contributed by atoms with Crippen LogP contribution in [0.15, 0.2) is 34.9 Å². The molecular weight excluding hydrogens is 360 g/mol. The van der Waals surface area contributed by atoms with Crippen molar-refractivity contribution in [2.24, 2.45) is 0 Å². The molecule has 0 bridgehead atoms. The lowest BCUT2D eigenvalue weighted by Crippen LogP contribution is -2.15. The van der Waals surface area contributed by atoms with Crippen LogP contribution in [0.3, 0.4) is 0 Å². The molecular formula is C21H20N2O5. The highest BCUT2D eigenvalue weighted by Crippen LogP contribution is 2.23. The van der Waals surface area contributed by atoms with Crippen LogP contribution in [0.5, 0.6) is 0 Å². The average Bonchev–Trinajstić information content (AvgIpc) is 3.38. The Balaban J connectivity index is 1.48. The topological polar surface area (TPSA) is 83.6 Å². The number of nitrogens with zero attached hydrogens (tertiary/aromatic N) is 2. The number of carbonyl (C=O) groups is 2. The minimum atomic E-state index is -0.524. The fraction of sp³-hybridized carbons (Fsp3) is 0.286. The van der Waals surface area contributed by atoms with Crippen molar-refractivity contribution in [2.75, 3.05) is 6.61 Å². The van der Waals surface area contributed by atoms with Crippen LogP contribution < -0.4 is 0 Å². The summed E-state index contributed by atoms with van der Waals surface area (Å²) in [7, 11) is 0. The number of ether oxygens (including phenoxy) is 2. The quantitative estimate of drug-likeness (QED) is 0.498. The van der Waals surface area contributed by atoms with Crippen LogP contribution >= 0.6 is 0 Å². The molecule has 3 heterocycles. The van der Waals surface area contributed by atoms with Gasteiger partial charge in [0.2, 0.25) is 5.78 Å². The monoisotopic (exact) mass is 380 g/mol. The second-order valence-electron chi connectivity index (χ2n) is 6.89. The van der Waals surface area contributed by atoms with E-state index in [9.17, 15) is 9.59 Å². The summed E-state index contributed by atoms with van der Waals surface area (Å²) >= 11 is 0.